The number of rotatable bonds is 20. The molecule has 0 heterocycles. The van der Waals surface area contributed by atoms with E-state index in [9.17, 15) is 9.18 Å². The molecule has 2 N–H and O–H groups in total. The molecule has 0 aromatic carbocycles. The van der Waals surface area contributed by atoms with E-state index in [1.807, 2.05) is 7.05 Å². The first-order valence-corrected chi connectivity index (χ1v) is 9.94. The Kier molecular flexibility index (Phi) is 17.7. The largest absolute Gasteiger partial charge is 0.378 e. The quantitative estimate of drug-likeness (QED) is 0.289. The summed E-state index contributed by atoms with van der Waals surface area (Å²) in [5.41, 5.74) is -0.991. The van der Waals surface area contributed by atoms with E-state index in [0.717, 1.165) is 6.54 Å². The molecule has 0 bridgehead atoms. The van der Waals surface area contributed by atoms with Gasteiger partial charge < -0.3 is 34.3 Å². The Labute approximate surface area is 168 Å². The first-order chi connectivity index (χ1) is 13.4. The Morgan fingerprint density at radius 2 is 1.36 bits per heavy atom. The molecule has 0 aliphatic heterocycles. The Morgan fingerprint density at radius 3 is 1.82 bits per heavy atom. The molecule has 1 amide bonds. The molecule has 0 aliphatic carbocycles. The molecule has 9 heteroatoms. The van der Waals surface area contributed by atoms with Crippen molar-refractivity contribution in [3.05, 3.63) is 0 Å². The van der Waals surface area contributed by atoms with Crippen molar-refractivity contribution >= 4 is 5.91 Å². The molecular weight excluding hydrogens is 371 g/mol. The number of carbonyl (C=O) groups excluding carboxylic acids is 1. The Balaban J connectivity index is 3.43. The van der Waals surface area contributed by atoms with Gasteiger partial charge in [0.25, 0.3) is 0 Å². The zero-order valence-electron chi connectivity index (χ0n) is 17.9. The minimum Gasteiger partial charge on any atom is -0.378 e. The van der Waals surface area contributed by atoms with Crippen LogP contribution in [0.4, 0.5) is 4.39 Å². The van der Waals surface area contributed by atoms with Crippen LogP contribution in [0.2, 0.25) is 0 Å². The molecule has 0 saturated carbocycles. The summed E-state index contributed by atoms with van der Waals surface area (Å²) in [4.78, 5) is 11.2. The maximum Gasteiger partial charge on any atom is 0.219 e. The van der Waals surface area contributed by atoms with Crippen molar-refractivity contribution in [1.29, 1.82) is 0 Å². The number of carbonyl (C=O) groups is 1. The highest BCUT2D eigenvalue weighted by Crippen LogP contribution is 2.17. The van der Waals surface area contributed by atoms with E-state index >= 15 is 0 Å². The van der Waals surface area contributed by atoms with Crippen LogP contribution < -0.4 is 10.6 Å². The van der Waals surface area contributed by atoms with Gasteiger partial charge >= 0.3 is 0 Å². The molecular formula is C19H39FN2O6. The van der Waals surface area contributed by atoms with Crippen LogP contribution in [-0.4, -0.2) is 97.3 Å². The molecule has 0 rings (SSSR count). The lowest BCUT2D eigenvalue weighted by Crippen LogP contribution is -2.44. The van der Waals surface area contributed by atoms with E-state index in [4.69, 9.17) is 23.7 Å². The topological polar surface area (TPSA) is 87.3 Å². The van der Waals surface area contributed by atoms with Crippen molar-refractivity contribution < 1.29 is 32.9 Å². The van der Waals surface area contributed by atoms with Crippen LogP contribution >= 0.6 is 0 Å². The molecule has 0 aromatic heterocycles. The number of hydrogen-bond acceptors (Lipinski definition) is 7. The Morgan fingerprint density at radius 1 is 0.893 bits per heavy atom. The smallest absolute Gasteiger partial charge is 0.219 e. The fourth-order valence-electron chi connectivity index (χ4n) is 1.96. The van der Waals surface area contributed by atoms with Crippen LogP contribution in [0, 0.1) is 0 Å². The third kappa shape index (κ3) is 16.1. The number of halogens is 1. The Bertz CT molecular complexity index is 374. The fourth-order valence-corrected chi connectivity index (χ4v) is 1.96. The predicted molar refractivity (Wildman–Crippen MR) is 105 cm³/mol. The summed E-state index contributed by atoms with van der Waals surface area (Å²) < 4.78 is 41.1. The first-order valence-electron chi connectivity index (χ1n) is 9.94. The van der Waals surface area contributed by atoms with Gasteiger partial charge in [-0.15, -0.1) is 0 Å². The summed E-state index contributed by atoms with van der Waals surface area (Å²) in [6.45, 7) is 10.1. The summed E-state index contributed by atoms with van der Waals surface area (Å²) in [6, 6.07) is 0. The van der Waals surface area contributed by atoms with Crippen LogP contribution in [0.5, 0.6) is 0 Å². The normalized spacial score (nSPS) is 12.9. The predicted octanol–water partition coefficient (Wildman–Crippen LogP) is 0.932. The highest BCUT2D eigenvalue weighted by atomic mass is 19.1. The molecule has 0 spiro atoms. The van der Waals surface area contributed by atoms with Gasteiger partial charge in [-0.05, 0) is 20.9 Å². The number of nitrogens with one attached hydrogen (secondary N) is 2. The van der Waals surface area contributed by atoms with Crippen molar-refractivity contribution in [2.24, 2.45) is 0 Å². The second kappa shape index (κ2) is 18.2. The molecule has 8 nitrogen and oxygen atoms in total. The second-order valence-electron chi connectivity index (χ2n) is 6.63. The van der Waals surface area contributed by atoms with Gasteiger partial charge in [0.2, 0.25) is 5.91 Å². The molecule has 0 saturated heterocycles. The highest BCUT2D eigenvalue weighted by molar-refractivity contribution is 5.75. The van der Waals surface area contributed by atoms with E-state index in [-0.39, 0.29) is 19.1 Å². The summed E-state index contributed by atoms with van der Waals surface area (Å²) in [7, 11) is 1.88. The van der Waals surface area contributed by atoms with E-state index in [1.54, 1.807) is 20.8 Å². The van der Waals surface area contributed by atoms with Crippen LogP contribution in [0.25, 0.3) is 0 Å². The molecule has 168 valence electrons. The standard InChI is InChI=1S/C19H39FN2O6/c1-5-18(23)22-16-17(20)19(2,3)28-15-14-27-13-12-26-11-10-25-9-8-24-7-6-21-4/h17,21H,5-16H2,1-4H3,(H,22,23). The van der Waals surface area contributed by atoms with Gasteiger partial charge in [0, 0.05) is 13.0 Å². The molecule has 0 radical (unpaired) electrons. The van der Waals surface area contributed by atoms with Crippen molar-refractivity contribution in [1.82, 2.24) is 10.6 Å². The maximum atomic E-state index is 14.1. The van der Waals surface area contributed by atoms with E-state index < -0.39 is 11.8 Å². The highest BCUT2D eigenvalue weighted by Gasteiger charge is 2.30. The Hall–Kier alpha value is -0.840. The van der Waals surface area contributed by atoms with Crippen molar-refractivity contribution in [2.45, 2.75) is 39.0 Å². The molecule has 28 heavy (non-hydrogen) atoms. The second-order valence-corrected chi connectivity index (χ2v) is 6.63. The van der Waals surface area contributed by atoms with Crippen LogP contribution in [0.1, 0.15) is 27.2 Å². The molecule has 0 aliphatic rings. The SMILES string of the molecule is CCC(=O)NCC(F)C(C)(C)OCCOCCOCCOCCOCCNC. The molecule has 0 aromatic rings. The molecule has 1 atom stereocenters. The lowest BCUT2D eigenvalue weighted by atomic mass is 10.0. The van der Waals surface area contributed by atoms with Crippen LogP contribution in [-0.2, 0) is 28.5 Å². The monoisotopic (exact) mass is 410 g/mol. The van der Waals surface area contributed by atoms with Crippen LogP contribution in [0.15, 0.2) is 0 Å². The van der Waals surface area contributed by atoms with Gasteiger partial charge in [-0.3, -0.25) is 4.79 Å². The average molecular weight is 411 g/mol. The summed E-state index contributed by atoms with van der Waals surface area (Å²) in [5.74, 6) is -0.176. The lowest BCUT2D eigenvalue weighted by molar-refractivity contribution is -0.122. The number of likely N-dealkylation sites (N-methyl/N-ethyl adjacent to an activating group) is 1. The minimum absolute atomic E-state index is 0.0570. The summed E-state index contributed by atoms with van der Waals surface area (Å²) in [6.07, 6.45) is -0.957. The van der Waals surface area contributed by atoms with Gasteiger partial charge in [-0.25, -0.2) is 4.39 Å². The van der Waals surface area contributed by atoms with E-state index in [2.05, 4.69) is 10.6 Å². The van der Waals surface area contributed by atoms with Gasteiger partial charge in [-0.2, -0.15) is 0 Å². The molecule has 0 fully saturated rings. The number of amides is 1. The van der Waals surface area contributed by atoms with Gasteiger partial charge in [0.15, 0.2) is 0 Å². The van der Waals surface area contributed by atoms with Crippen molar-refractivity contribution in [3.63, 3.8) is 0 Å². The van der Waals surface area contributed by atoms with Crippen molar-refractivity contribution in [3.8, 4) is 0 Å². The molecule has 1 unspecified atom stereocenters. The maximum absolute atomic E-state index is 14.1. The van der Waals surface area contributed by atoms with Crippen molar-refractivity contribution in [2.75, 3.05) is 79.6 Å². The minimum atomic E-state index is -1.29. The third-order valence-corrected chi connectivity index (χ3v) is 3.87. The average Bonchev–Trinajstić information content (AvgIpc) is 2.68. The third-order valence-electron chi connectivity index (χ3n) is 3.87. The lowest BCUT2D eigenvalue weighted by Gasteiger charge is -2.29. The van der Waals surface area contributed by atoms with Gasteiger partial charge in [-0.1, -0.05) is 6.92 Å². The van der Waals surface area contributed by atoms with Gasteiger partial charge in [0.1, 0.15) is 6.17 Å². The first kappa shape index (κ1) is 27.2. The number of ether oxygens (including phenoxy) is 5. The van der Waals surface area contributed by atoms with E-state index in [0.29, 0.717) is 59.3 Å². The van der Waals surface area contributed by atoms with E-state index in [1.165, 1.54) is 0 Å². The number of hydrogen-bond donors (Lipinski definition) is 2. The van der Waals surface area contributed by atoms with Gasteiger partial charge in [0.05, 0.1) is 71.6 Å². The fraction of sp³-hybridized carbons (Fsp3) is 0.947. The summed E-state index contributed by atoms with van der Waals surface area (Å²) >= 11 is 0. The zero-order chi connectivity index (χ0) is 21.1. The zero-order valence-corrected chi connectivity index (χ0v) is 17.9. The summed E-state index contributed by atoms with van der Waals surface area (Å²) in [5, 5.41) is 5.53. The number of alkyl halides is 1. The van der Waals surface area contributed by atoms with Crippen LogP contribution in [0.3, 0.4) is 0 Å².